The summed E-state index contributed by atoms with van der Waals surface area (Å²) in [6.07, 6.45) is 0. The maximum absolute atomic E-state index is 13.1. The molecule has 2 fully saturated rings. The number of hydrogen-bond acceptors (Lipinski definition) is 6. The minimum absolute atomic E-state index is 0.0703. The van der Waals surface area contributed by atoms with Crippen LogP contribution in [0.3, 0.4) is 0 Å². The first-order valence-electron chi connectivity index (χ1n) is 8.75. The van der Waals surface area contributed by atoms with E-state index in [4.69, 9.17) is 4.74 Å². The quantitative estimate of drug-likeness (QED) is 0.541. The molecule has 2 atom stereocenters. The number of hydrogen-bond donors (Lipinski definition) is 1. The number of halogens is 1. The molecule has 0 aromatic heterocycles. The maximum atomic E-state index is 13.1. The molecule has 9 heteroatoms. The summed E-state index contributed by atoms with van der Waals surface area (Å²) >= 11 is 5.04. The summed E-state index contributed by atoms with van der Waals surface area (Å²) in [5.41, 5.74) is -0.412. The number of rotatable bonds is 5. The van der Waals surface area contributed by atoms with Crippen molar-refractivity contribution in [2.45, 2.75) is 25.4 Å². The Morgan fingerprint density at radius 3 is 2.74 bits per heavy atom. The molecule has 1 aromatic rings. The van der Waals surface area contributed by atoms with Gasteiger partial charge in [0.05, 0.1) is 13.3 Å². The van der Waals surface area contributed by atoms with Crippen molar-refractivity contribution in [3.63, 3.8) is 0 Å². The summed E-state index contributed by atoms with van der Waals surface area (Å²) in [5, 5.41) is 2.80. The third-order valence-electron chi connectivity index (χ3n) is 4.82. The minimum atomic E-state index is -1.12. The third kappa shape index (κ3) is 4.00. The Hall–Kier alpha value is -1.58. The highest BCUT2D eigenvalue weighted by Gasteiger charge is 2.50. The Balaban J connectivity index is 1.78. The normalized spacial score (nSPS) is 26.2. The van der Waals surface area contributed by atoms with Crippen LogP contribution in [-0.2, 0) is 19.9 Å². The number of esters is 1. The molecule has 3 amide bonds. The molecule has 0 spiro atoms. The van der Waals surface area contributed by atoms with Gasteiger partial charge in [0.25, 0.3) is 5.91 Å². The van der Waals surface area contributed by atoms with Crippen molar-refractivity contribution in [1.29, 1.82) is 0 Å². The molecule has 0 bridgehead atoms. The zero-order chi connectivity index (χ0) is 19.6. The molecule has 1 N–H and O–H groups in total. The van der Waals surface area contributed by atoms with Crippen LogP contribution in [0.15, 0.2) is 28.7 Å². The molecular weight excluding hydrogens is 434 g/mol. The second kappa shape index (κ2) is 8.20. The van der Waals surface area contributed by atoms with Gasteiger partial charge in [-0.1, -0.05) is 28.1 Å². The molecule has 1 aromatic carbocycles. The topological polar surface area (TPSA) is 79.0 Å². The van der Waals surface area contributed by atoms with E-state index in [1.54, 1.807) is 25.6 Å². The molecule has 3 rings (SSSR count). The van der Waals surface area contributed by atoms with Crippen LogP contribution in [0.4, 0.5) is 4.79 Å². The van der Waals surface area contributed by atoms with Crippen molar-refractivity contribution in [1.82, 2.24) is 15.1 Å². The molecule has 2 heterocycles. The largest absolute Gasteiger partial charge is 0.465 e. The zero-order valence-corrected chi connectivity index (χ0v) is 17.6. The first kappa shape index (κ1) is 20.2. The van der Waals surface area contributed by atoms with Crippen LogP contribution < -0.4 is 5.32 Å². The van der Waals surface area contributed by atoms with Gasteiger partial charge in [-0.05, 0) is 31.5 Å². The van der Waals surface area contributed by atoms with E-state index in [0.717, 1.165) is 10.2 Å². The Labute approximate surface area is 170 Å². The van der Waals surface area contributed by atoms with Gasteiger partial charge < -0.3 is 10.1 Å². The van der Waals surface area contributed by atoms with Gasteiger partial charge in [0.1, 0.15) is 11.6 Å². The van der Waals surface area contributed by atoms with E-state index in [1.165, 1.54) is 4.90 Å². The van der Waals surface area contributed by atoms with E-state index in [0.29, 0.717) is 24.5 Å². The number of imide groups is 1. The lowest BCUT2D eigenvalue weighted by molar-refractivity contribution is -0.150. The van der Waals surface area contributed by atoms with Crippen molar-refractivity contribution in [3.05, 3.63) is 34.3 Å². The summed E-state index contributed by atoms with van der Waals surface area (Å²) in [7, 11) is 0. The number of benzene rings is 1. The van der Waals surface area contributed by atoms with Gasteiger partial charge in [-0.25, -0.2) is 9.69 Å². The highest BCUT2D eigenvalue weighted by atomic mass is 79.9. The van der Waals surface area contributed by atoms with E-state index in [-0.39, 0.29) is 18.5 Å². The molecule has 2 aliphatic heterocycles. The standard InChI is InChI=1S/C18H22BrN3O4S/c1-3-26-15(23)14-10-27-9-8-21(14)11-22-16(24)18(2,20-17(22)25)12-4-6-13(19)7-5-12/h4-7,14H,3,8-11H2,1-2H3,(H,20,25)/t14-,18-/m1/s1. The molecular formula is C18H22BrN3O4S. The average Bonchev–Trinajstić information content (AvgIpc) is 2.87. The van der Waals surface area contributed by atoms with Crippen LogP contribution in [0, 0.1) is 0 Å². The number of amides is 3. The molecule has 0 radical (unpaired) electrons. The van der Waals surface area contributed by atoms with Gasteiger partial charge >= 0.3 is 12.0 Å². The van der Waals surface area contributed by atoms with E-state index in [1.807, 2.05) is 29.2 Å². The van der Waals surface area contributed by atoms with Crippen molar-refractivity contribution in [3.8, 4) is 0 Å². The van der Waals surface area contributed by atoms with Gasteiger partial charge in [-0.15, -0.1) is 0 Å². The Kier molecular flexibility index (Phi) is 6.12. The highest BCUT2D eigenvalue weighted by Crippen LogP contribution is 2.30. The predicted molar refractivity (Wildman–Crippen MR) is 106 cm³/mol. The lowest BCUT2D eigenvalue weighted by Crippen LogP contribution is -2.53. The van der Waals surface area contributed by atoms with Crippen LogP contribution in [0.2, 0.25) is 0 Å². The number of carbonyl (C=O) groups excluding carboxylic acids is 3. The van der Waals surface area contributed by atoms with Gasteiger partial charge in [-0.2, -0.15) is 11.8 Å². The fourth-order valence-corrected chi connectivity index (χ4v) is 4.61. The number of nitrogens with one attached hydrogen (secondary N) is 1. The summed E-state index contributed by atoms with van der Waals surface area (Å²) < 4.78 is 6.04. The number of urea groups is 1. The number of nitrogens with zero attached hydrogens (tertiary/aromatic N) is 2. The smallest absolute Gasteiger partial charge is 0.326 e. The van der Waals surface area contributed by atoms with E-state index < -0.39 is 17.6 Å². The Bertz CT molecular complexity index is 745. The Morgan fingerprint density at radius 1 is 1.37 bits per heavy atom. The molecule has 2 saturated heterocycles. The molecule has 7 nitrogen and oxygen atoms in total. The summed E-state index contributed by atoms with van der Waals surface area (Å²) in [5.74, 6) is 0.791. The second-order valence-corrected chi connectivity index (χ2v) is 8.66. The lowest BCUT2D eigenvalue weighted by Gasteiger charge is -2.35. The fourth-order valence-electron chi connectivity index (χ4n) is 3.25. The van der Waals surface area contributed by atoms with Crippen LogP contribution >= 0.6 is 27.7 Å². The predicted octanol–water partition coefficient (Wildman–Crippen LogP) is 2.15. The van der Waals surface area contributed by atoms with Crippen molar-refractivity contribution in [2.75, 3.05) is 31.3 Å². The van der Waals surface area contributed by atoms with E-state index >= 15 is 0 Å². The summed E-state index contributed by atoms with van der Waals surface area (Å²) in [6, 6.07) is 6.38. The maximum Gasteiger partial charge on any atom is 0.326 e. The monoisotopic (exact) mass is 455 g/mol. The van der Waals surface area contributed by atoms with Crippen molar-refractivity contribution >= 4 is 45.6 Å². The van der Waals surface area contributed by atoms with E-state index in [2.05, 4.69) is 21.2 Å². The summed E-state index contributed by atoms with van der Waals surface area (Å²) in [4.78, 5) is 40.9. The third-order valence-corrected chi connectivity index (χ3v) is 6.37. The number of carbonyl (C=O) groups is 3. The second-order valence-electron chi connectivity index (χ2n) is 6.59. The first-order valence-corrected chi connectivity index (χ1v) is 10.7. The van der Waals surface area contributed by atoms with Crippen LogP contribution in [0.1, 0.15) is 19.4 Å². The van der Waals surface area contributed by atoms with Gasteiger partial charge in [0.2, 0.25) is 0 Å². The summed E-state index contributed by atoms with van der Waals surface area (Å²) in [6.45, 7) is 4.45. The first-order chi connectivity index (χ1) is 12.9. The zero-order valence-electron chi connectivity index (χ0n) is 15.2. The molecule has 0 aliphatic carbocycles. The molecule has 27 heavy (non-hydrogen) atoms. The van der Waals surface area contributed by atoms with Crippen molar-refractivity contribution < 1.29 is 19.1 Å². The fraction of sp³-hybridized carbons (Fsp3) is 0.500. The number of ether oxygens (including phenoxy) is 1. The van der Waals surface area contributed by atoms with Gasteiger partial charge in [0, 0.05) is 22.5 Å². The highest BCUT2D eigenvalue weighted by molar-refractivity contribution is 9.10. The SMILES string of the molecule is CCOC(=O)[C@H]1CSCCN1CN1C(=O)N[C@](C)(c2ccc(Br)cc2)C1=O. The average molecular weight is 456 g/mol. The molecule has 0 saturated carbocycles. The van der Waals surface area contributed by atoms with Gasteiger partial charge in [-0.3, -0.25) is 14.5 Å². The van der Waals surface area contributed by atoms with Crippen LogP contribution in [0.25, 0.3) is 0 Å². The van der Waals surface area contributed by atoms with Gasteiger partial charge in [0.15, 0.2) is 0 Å². The van der Waals surface area contributed by atoms with Crippen molar-refractivity contribution in [2.24, 2.45) is 0 Å². The van der Waals surface area contributed by atoms with Crippen LogP contribution in [0.5, 0.6) is 0 Å². The molecule has 0 unspecified atom stereocenters. The van der Waals surface area contributed by atoms with E-state index in [9.17, 15) is 14.4 Å². The Morgan fingerprint density at radius 2 is 2.07 bits per heavy atom. The lowest BCUT2D eigenvalue weighted by atomic mass is 9.92. The minimum Gasteiger partial charge on any atom is -0.465 e. The number of thioether (sulfide) groups is 1. The van der Waals surface area contributed by atoms with Crippen LogP contribution in [-0.4, -0.2) is 65.1 Å². The molecule has 2 aliphatic rings. The molecule has 146 valence electrons.